The highest BCUT2D eigenvalue weighted by atomic mass is 16.3. The Labute approximate surface area is 330 Å². The molecule has 0 atom stereocenters. The highest BCUT2D eigenvalue weighted by Crippen LogP contribution is 2.43. The van der Waals surface area contributed by atoms with Crippen LogP contribution in [0.2, 0.25) is 0 Å². The van der Waals surface area contributed by atoms with Gasteiger partial charge in [0.15, 0.2) is 0 Å². The van der Waals surface area contributed by atoms with E-state index in [0.717, 1.165) is 121 Å². The van der Waals surface area contributed by atoms with E-state index in [9.17, 15) is 0 Å². The van der Waals surface area contributed by atoms with E-state index in [4.69, 9.17) is 17.7 Å². The minimum Gasteiger partial charge on any atom is -0.456 e. The second-order valence-corrected chi connectivity index (χ2v) is 15.2. The molecule has 0 saturated heterocycles. The maximum atomic E-state index is 6.62. The highest BCUT2D eigenvalue weighted by Gasteiger charge is 2.19. The number of furan rings is 4. The summed E-state index contributed by atoms with van der Waals surface area (Å²) in [6.45, 7) is 0. The monoisotopic (exact) mass is 742 g/mol. The van der Waals surface area contributed by atoms with Gasteiger partial charge in [0.25, 0.3) is 0 Å². The van der Waals surface area contributed by atoms with Gasteiger partial charge in [0.05, 0.1) is 5.39 Å². The fraction of sp³-hybridized carbons (Fsp3) is 0. The van der Waals surface area contributed by atoms with Crippen LogP contribution in [0.4, 0.5) is 0 Å². The smallest absolute Gasteiger partial charge is 0.147 e. The van der Waals surface area contributed by atoms with Crippen LogP contribution in [0, 0.1) is 0 Å². The lowest BCUT2D eigenvalue weighted by molar-refractivity contribution is 0.663. The van der Waals surface area contributed by atoms with Crippen molar-refractivity contribution < 1.29 is 17.7 Å². The van der Waals surface area contributed by atoms with Gasteiger partial charge in [-0.15, -0.1) is 0 Å². The van der Waals surface area contributed by atoms with Crippen LogP contribution in [-0.2, 0) is 0 Å². The van der Waals surface area contributed by atoms with Gasteiger partial charge in [0.2, 0.25) is 0 Å². The molecule has 58 heavy (non-hydrogen) atoms. The van der Waals surface area contributed by atoms with Crippen LogP contribution < -0.4 is 0 Å². The molecule has 270 valence electrons. The minimum absolute atomic E-state index is 0.821. The van der Waals surface area contributed by atoms with Crippen molar-refractivity contribution in [1.82, 2.24) is 0 Å². The molecular weight excluding hydrogens is 713 g/mol. The summed E-state index contributed by atoms with van der Waals surface area (Å²) in [6.07, 6.45) is 0. The Balaban J connectivity index is 0.888. The van der Waals surface area contributed by atoms with Gasteiger partial charge in [0.1, 0.15) is 44.7 Å². The van der Waals surface area contributed by atoms with Gasteiger partial charge in [-0.3, -0.25) is 0 Å². The summed E-state index contributed by atoms with van der Waals surface area (Å²) >= 11 is 0. The van der Waals surface area contributed by atoms with Crippen molar-refractivity contribution in [2.75, 3.05) is 0 Å². The third-order valence-electron chi connectivity index (χ3n) is 11.9. The zero-order chi connectivity index (χ0) is 37.9. The number of rotatable bonds is 4. The van der Waals surface area contributed by atoms with Crippen molar-refractivity contribution in [3.63, 3.8) is 0 Å². The van der Waals surface area contributed by atoms with Crippen molar-refractivity contribution in [3.05, 3.63) is 182 Å². The normalized spacial score (nSPS) is 12.1. The van der Waals surface area contributed by atoms with Crippen molar-refractivity contribution in [3.8, 4) is 44.5 Å². The van der Waals surface area contributed by atoms with Crippen LogP contribution >= 0.6 is 0 Å². The van der Waals surface area contributed by atoms with Crippen LogP contribution in [0.15, 0.2) is 200 Å². The molecule has 0 aliphatic rings. The molecule has 0 bridgehead atoms. The summed E-state index contributed by atoms with van der Waals surface area (Å²) < 4.78 is 25.8. The van der Waals surface area contributed by atoms with E-state index >= 15 is 0 Å². The SMILES string of the molecule is c1ccc(-c2ccc3oc4cc5c(cc4c3c2)oc2ccc(-c3cccc(-c4ccc6oc7c(ccc8oc9ccc(-c%10ccccc%10)cc9c87)c6c4)c3)cc25)cc1. The van der Waals surface area contributed by atoms with Gasteiger partial charge in [-0.05, 0) is 123 Å². The van der Waals surface area contributed by atoms with Gasteiger partial charge >= 0.3 is 0 Å². The van der Waals surface area contributed by atoms with E-state index in [1.807, 2.05) is 12.1 Å². The average Bonchev–Trinajstić information content (AvgIpc) is 4.05. The Bertz CT molecular complexity index is 3780. The standard InChI is InChI=1S/C54H30O4/c1-3-8-31(9-4-1)35-14-19-46-41(25-35)43-29-52-44(30-51(43)56-46)42-27-38(16-20-47(42)57-52)34-13-7-12-33(24-34)37-17-21-48-40(26-37)39-18-23-50-53(54(39)58-48)45-28-36(15-22-49(45)55-50)32-10-5-2-6-11-32/h1-30H. The van der Waals surface area contributed by atoms with Crippen LogP contribution in [0.25, 0.3) is 132 Å². The zero-order valence-corrected chi connectivity index (χ0v) is 31.0. The van der Waals surface area contributed by atoms with Crippen LogP contribution in [0.1, 0.15) is 0 Å². The second-order valence-electron chi connectivity index (χ2n) is 15.2. The Hall–Kier alpha value is -7.82. The lowest BCUT2D eigenvalue weighted by atomic mass is 9.97. The molecule has 4 nitrogen and oxygen atoms in total. The molecule has 0 unspecified atom stereocenters. The van der Waals surface area contributed by atoms with Gasteiger partial charge < -0.3 is 17.7 Å². The minimum atomic E-state index is 0.821. The lowest BCUT2D eigenvalue weighted by Crippen LogP contribution is -1.82. The summed E-state index contributed by atoms with van der Waals surface area (Å²) in [6, 6.07) is 63.8. The Morgan fingerprint density at radius 3 is 1.14 bits per heavy atom. The average molecular weight is 743 g/mol. The molecule has 0 spiro atoms. The predicted molar refractivity (Wildman–Crippen MR) is 237 cm³/mol. The topological polar surface area (TPSA) is 52.6 Å². The molecule has 0 radical (unpaired) electrons. The van der Waals surface area contributed by atoms with Crippen LogP contribution in [0.3, 0.4) is 0 Å². The fourth-order valence-electron chi connectivity index (χ4n) is 9.00. The second kappa shape index (κ2) is 11.8. The number of benzene rings is 9. The van der Waals surface area contributed by atoms with E-state index in [1.165, 1.54) is 11.1 Å². The van der Waals surface area contributed by atoms with Crippen molar-refractivity contribution in [2.24, 2.45) is 0 Å². The number of hydrogen-bond acceptors (Lipinski definition) is 4. The molecule has 0 N–H and O–H groups in total. The molecule has 0 amide bonds. The summed E-state index contributed by atoms with van der Waals surface area (Å²) in [5.41, 5.74) is 15.9. The third kappa shape index (κ3) is 4.69. The summed E-state index contributed by atoms with van der Waals surface area (Å²) in [4.78, 5) is 0. The van der Waals surface area contributed by atoms with Crippen LogP contribution in [-0.4, -0.2) is 0 Å². The number of fused-ring (bicyclic) bond motifs is 13. The molecule has 4 heterocycles. The molecule has 4 heteroatoms. The van der Waals surface area contributed by atoms with Crippen molar-refractivity contribution >= 4 is 87.8 Å². The first-order chi connectivity index (χ1) is 28.7. The van der Waals surface area contributed by atoms with E-state index in [-0.39, 0.29) is 0 Å². The van der Waals surface area contributed by atoms with Crippen LogP contribution in [0.5, 0.6) is 0 Å². The Morgan fingerprint density at radius 2 is 0.586 bits per heavy atom. The zero-order valence-electron chi connectivity index (χ0n) is 31.0. The first-order valence-corrected chi connectivity index (χ1v) is 19.5. The van der Waals surface area contributed by atoms with Gasteiger partial charge in [0, 0.05) is 37.7 Å². The van der Waals surface area contributed by atoms with E-state index in [1.54, 1.807) is 0 Å². The fourth-order valence-corrected chi connectivity index (χ4v) is 9.00. The van der Waals surface area contributed by atoms with E-state index in [2.05, 4.69) is 170 Å². The molecule has 13 aromatic rings. The maximum absolute atomic E-state index is 6.62. The Kier molecular flexibility index (Phi) is 6.41. The quantitative estimate of drug-likeness (QED) is 0.180. The molecular formula is C54H30O4. The van der Waals surface area contributed by atoms with Crippen molar-refractivity contribution in [2.45, 2.75) is 0 Å². The number of hydrogen-bond donors (Lipinski definition) is 0. The maximum Gasteiger partial charge on any atom is 0.147 e. The molecule has 4 aromatic heterocycles. The molecule has 0 fully saturated rings. The predicted octanol–water partition coefficient (Wildman–Crippen LogP) is 16.0. The van der Waals surface area contributed by atoms with E-state index < -0.39 is 0 Å². The molecule has 13 rings (SSSR count). The summed E-state index contributed by atoms with van der Waals surface area (Å²) in [5, 5.41) is 8.43. The van der Waals surface area contributed by atoms with Gasteiger partial charge in [-0.1, -0.05) is 103 Å². The van der Waals surface area contributed by atoms with Gasteiger partial charge in [-0.2, -0.15) is 0 Å². The molecule has 9 aromatic carbocycles. The molecule has 0 aliphatic carbocycles. The highest BCUT2D eigenvalue weighted by molar-refractivity contribution is 6.23. The first kappa shape index (κ1) is 31.4. The third-order valence-corrected chi connectivity index (χ3v) is 11.9. The summed E-state index contributed by atoms with van der Waals surface area (Å²) in [7, 11) is 0. The first-order valence-electron chi connectivity index (χ1n) is 19.5. The summed E-state index contributed by atoms with van der Waals surface area (Å²) in [5.74, 6) is 0. The largest absolute Gasteiger partial charge is 0.456 e. The van der Waals surface area contributed by atoms with E-state index in [0.29, 0.717) is 0 Å². The van der Waals surface area contributed by atoms with Crippen molar-refractivity contribution in [1.29, 1.82) is 0 Å². The van der Waals surface area contributed by atoms with Gasteiger partial charge in [-0.25, -0.2) is 0 Å². The lowest BCUT2D eigenvalue weighted by Gasteiger charge is -2.07. The molecule has 0 aliphatic heterocycles. The molecule has 0 saturated carbocycles. The Morgan fingerprint density at radius 1 is 0.207 bits per heavy atom.